The zero-order chi connectivity index (χ0) is 26.4. The van der Waals surface area contributed by atoms with E-state index in [0.29, 0.717) is 29.5 Å². The fourth-order valence-electron chi connectivity index (χ4n) is 3.13. The first-order valence-electron chi connectivity index (χ1n) is 11.9. The van der Waals surface area contributed by atoms with Gasteiger partial charge in [-0.25, -0.2) is 4.79 Å². The number of hydrogen-bond donors (Lipinski definition) is 1. The Bertz CT molecular complexity index is 1430. The lowest BCUT2D eigenvalue weighted by Gasteiger charge is -2.15. The SMILES string of the molecule is CC1CC1.CCc1cc(-n2nc(C#N)c(=O)[nH]c2=O)cc(Cl)c1Oc1ccc(N=CC(C)C)c(C)c1. The summed E-state index contributed by atoms with van der Waals surface area (Å²) in [5.41, 5.74) is 0.825. The summed E-state index contributed by atoms with van der Waals surface area (Å²) in [4.78, 5) is 30.4. The van der Waals surface area contributed by atoms with Crippen molar-refractivity contribution in [2.75, 3.05) is 0 Å². The van der Waals surface area contributed by atoms with Crippen LogP contribution in [0.5, 0.6) is 11.5 Å². The first-order valence-corrected chi connectivity index (χ1v) is 12.3. The van der Waals surface area contributed by atoms with E-state index in [-0.39, 0.29) is 5.02 Å². The number of nitrogens with zero attached hydrogens (tertiary/aromatic N) is 4. The lowest BCUT2D eigenvalue weighted by atomic mass is 10.1. The van der Waals surface area contributed by atoms with Crippen LogP contribution in [0.15, 0.2) is 44.9 Å². The van der Waals surface area contributed by atoms with Gasteiger partial charge in [0.2, 0.25) is 5.69 Å². The summed E-state index contributed by atoms with van der Waals surface area (Å²) in [6.07, 6.45) is 5.42. The minimum Gasteiger partial charge on any atom is -0.456 e. The maximum Gasteiger partial charge on any atom is 0.349 e. The molecule has 0 saturated heterocycles. The van der Waals surface area contributed by atoms with Gasteiger partial charge in [0.25, 0.3) is 5.56 Å². The first kappa shape index (κ1) is 26.9. The molecule has 1 heterocycles. The largest absolute Gasteiger partial charge is 0.456 e. The van der Waals surface area contributed by atoms with E-state index in [4.69, 9.17) is 21.6 Å². The molecule has 0 aliphatic heterocycles. The van der Waals surface area contributed by atoms with Gasteiger partial charge in [0.1, 0.15) is 17.6 Å². The third kappa shape index (κ3) is 6.92. The van der Waals surface area contributed by atoms with Gasteiger partial charge < -0.3 is 4.74 Å². The second-order valence-corrected chi connectivity index (χ2v) is 9.56. The second-order valence-electron chi connectivity index (χ2n) is 9.16. The number of aryl methyl sites for hydroxylation is 2. The van der Waals surface area contributed by atoms with Crippen molar-refractivity contribution in [3.63, 3.8) is 0 Å². The Hall–Kier alpha value is -3.70. The predicted molar refractivity (Wildman–Crippen MR) is 142 cm³/mol. The summed E-state index contributed by atoms with van der Waals surface area (Å²) < 4.78 is 7.01. The highest BCUT2D eigenvalue weighted by atomic mass is 35.5. The van der Waals surface area contributed by atoms with Crippen LogP contribution in [0.3, 0.4) is 0 Å². The van der Waals surface area contributed by atoms with Crippen LogP contribution in [0.4, 0.5) is 5.69 Å². The topological polar surface area (TPSA) is 113 Å². The maximum atomic E-state index is 12.2. The molecule has 9 heteroatoms. The van der Waals surface area contributed by atoms with E-state index in [2.05, 4.69) is 35.8 Å². The van der Waals surface area contributed by atoms with Crippen molar-refractivity contribution in [2.24, 2.45) is 16.8 Å². The minimum absolute atomic E-state index is 0.261. The van der Waals surface area contributed by atoms with Crippen LogP contribution in [-0.4, -0.2) is 21.0 Å². The van der Waals surface area contributed by atoms with E-state index in [0.717, 1.165) is 27.4 Å². The van der Waals surface area contributed by atoms with E-state index in [1.165, 1.54) is 18.9 Å². The Balaban J connectivity index is 0.000000819. The predicted octanol–water partition coefficient (Wildman–Crippen LogP) is 5.88. The van der Waals surface area contributed by atoms with Crippen LogP contribution in [0.25, 0.3) is 5.69 Å². The molecule has 1 aromatic heterocycles. The molecule has 2 aromatic carbocycles. The summed E-state index contributed by atoms with van der Waals surface area (Å²) in [5, 5.41) is 13.1. The average Bonchev–Trinajstić information content (AvgIpc) is 3.62. The van der Waals surface area contributed by atoms with Crippen LogP contribution < -0.4 is 16.0 Å². The molecule has 1 fully saturated rings. The van der Waals surface area contributed by atoms with E-state index in [9.17, 15) is 9.59 Å². The molecular weight excluding hydrogens is 478 g/mol. The van der Waals surface area contributed by atoms with Crippen LogP contribution >= 0.6 is 11.6 Å². The number of halogens is 1. The van der Waals surface area contributed by atoms with Crippen molar-refractivity contribution in [1.82, 2.24) is 14.8 Å². The van der Waals surface area contributed by atoms with Crippen molar-refractivity contribution < 1.29 is 4.74 Å². The summed E-state index contributed by atoms with van der Waals surface area (Å²) in [7, 11) is 0. The molecule has 1 N–H and O–H groups in total. The number of rotatable bonds is 6. The minimum atomic E-state index is -0.841. The monoisotopic (exact) mass is 507 g/mol. The van der Waals surface area contributed by atoms with E-state index < -0.39 is 16.9 Å². The number of aliphatic imine (C=N–C) groups is 1. The standard InChI is InChI=1S/C23H22ClN5O3.C4H8/c1-5-15-9-16(29-23(31)27-22(30)20(11-25)28-29)10-18(24)21(15)32-17-6-7-19(14(4)8-17)26-12-13(2)3;1-4-2-3-4/h6-10,12-13H,5H2,1-4H3,(H,27,30,31);4H,2-3H2,1H3. The number of aromatic nitrogens is 3. The van der Waals surface area contributed by atoms with Crippen LogP contribution in [0, 0.1) is 30.1 Å². The van der Waals surface area contributed by atoms with Crippen LogP contribution in [0.1, 0.15) is 57.4 Å². The molecular formula is C27H30ClN5O3. The molecule has 0 radical (unpaired) electrons. The Morgan fingerprint density at radius 1 is 1.31 bits per heavy atom. The highest BCUT2D eigenvalue weighted by Crippen LogP contribution is 2.36. The van der Waals surface area contributed by atoms with Crippen molar-refractivity contribution in [1.29, 1.82) is 5.26 Å². The second kappa shape index (κ2) is 11.8. The zero-order valence-corrected chi connectivity index (χ0v) is 21.9. The molecule has 3 aromatic rings. The number of benzene rings is 2. The number of hydrogen-bond acceptors (Lipinski definition) is 6. The van der Waals surface area contributed by atoms with E-state index >= 15 is 0 Å². The molecule has 4 rings (SSSR count). The number of aromatic amines is 1. The average molecular weight is 508 g/mol. The molecule has 0 atom stereocenters. The van der Waals surface area contributed by atoms with Crippen molar-refractivity contribution in [2.45, 2.75) is 53.9 Å². The molecule has 1 aliphatic carbocycles. The normalized spacial score (nSPS) is 12.8. The Kier molecular flexibility index (Phi) is 8.83. The number of nitrogens with one attached hydrogen (secondary N) is 1. The van der Waals surface area contributed by atoms with Crippen molar-refractivity contribution >= 4 is 23.5 Å². The van der Waals surface area contributed by atoms with Gasteiger partial charge >= 0.3 is 5.69 Å². The fourth-order valence-corrected chi connectivity index (χ4v) is 3.40. The van der Waals surface area contributed by atoms with E-state index in [1.807, 2.05) is 38.3 Å². The van der Waals surface area contributed by atoms with Gasteiger partial charge in [-0.1, -0.05) is 52.1 Å². The van der Waals surface area contributed by atoms with Gasteiger partial charge in [0.15, 0.2) is 0 Å². The third-order valence-electron chi connectivity index (χ3n) is 5.43. The summed E-state index contributed by atoms with van der Waals surface area (Å²) in [6, 6.07) is 10.4. The molecule has 36 heavy (non-hydrogen) atoms. The van der Waals surface area contributed by atoms with Gasteiger partial charge in [-0.15, -0.1) is 5.10 Å². The Morgan fingerprint density at radius 3 is 2.56 bits per heavy atom. The highest BCUT2D eigenvalue weighted by molar-refractivity contribution is 6.32. The number of nitriles is 1. The van der Waals surface area contributed by atoms with Gasteiger partial charge in [-0.05, 0) is 66.6 Å². The molecule has 0 amide bonds. The smallest absolute Gasteiger partial charge is 0.349 e. The first-order chi connectivity index (χ1) is 17.1. The lowest BCUT2D eigenvalue weighted by molar-refractivity contribution is 0.476. The Labute approximate surface area is 215 Å². The molecule has 0 spiro atoms. The van der Waals surface area contributed by atoms with Crippen molar-refractivity contribution in [3.8, 4) is 23.3 Å². The highest BCUT2D eigenvalue weighted by Gasteiger charge is 2.16. The number of ether oxygens (including phenoxy) is 1. The zero-order valence-electron chi connectivity index (χ0n) is 21.1. The molecule has 0 unspecified atom stereocenters. The number of H-pyrrole nitrogens is 1. The summed E-state index contributed by atoms with van der Waals surface area (Å²) >= 11 is 6.50. The summed E-state index contributed by atoms with van der Waals surface area (Å²) in [6.45, 7) is 10.3. The molecule has 188 valence electrons. The quantitative estimate of drug-likeness (QED) is 0.418. The lowest BCUT2D eigenvalue weighted by Crippen LogP contribution is -2.33. The van der Waals surface area contributed by atoms with Gasteiger partial charge in [0.05, 0.1) is 16.4 Å². The molecule has 8 nitrogen and oxygen atoms in total. The molecule has 1 aliphatic rings. The van der Waals surface area contributed by atoms with Gasteiger partial charge in [-0.3, -0.25) is 14.8 Å². The van der Waals surface area contributed by atoms with Crippen LogP contribution in [-0.2, 0) is 6.42 Å². The van der Waals surface area contributed by atoms with Gasteiger partial charge in [0, 0.05) is 6.21 Å². The van der Waals surface area contributed by atoms with Gasteiger partial charge in [-0.2, -0.15) is 9.94 Å². The molecule has 0 bridgehead atoms. The molecule has 1 saturated carbocycles. The fraction of sp³-hybridized carbons (Fsp3) is 0.370. The Morgan fingerprint density at radius 2 is 2.00 bits per heavy atom. The van der Waals surface area contributed by atoms with Crippen LogP contribution in [0.2, 0.25) is 5.02 Å². The third-order valence-corrected chi connectivity index (χ3v) is 5.71. The van der Waals surface area contributed by atoms with Crippen molar-refractivity contribution in [3.05, 3.63) is 73.0 Å². The maximum absolute atomic E-state index is 12.2. The van der Waals surface area contributed by atoms with E-state index in [1.54, 1.807) is 12.1 Å². The summed E-state index contributed by atoms with van der Waals surface area (Å²) in [5.74, 6) is 2.48.